The SMILES string of the molecule is CC#Cc1ccc2c(c1)C(O)(CCCC)c1ccccc1-2. The first-order valence-electron chi connectivity index (χ1n) is 7.60. The van der Waals surface area contributed by atoms with Crippen LogP contribution in [0.5, 0.6) is 0 Å². The molecule has 1 aliphatic carbocycles. The van der Waals surface area contributed by atoms with E-state index < -0.39 is 5.60 Å². The number of benzene rings is 2. The van der Waals surface area contributed by atoms with Gasteiger partial charge in [0.1, 0.15) is 5.60 Å². The van der Waals surface area contributed by atoms with E-state index in [9.17, 15) is 5.11 Å². The Morgan fingerprint density at radius 1 is 1.05 bits per heavy atom. The van der Waals surface area contributed by atoms with E-state index in [2.05, 4.69) is 43.0 Å². The van der Waals surface area contributed by atoms with Crippen molar-refractivity contribution < 1.29 is 5.11 Å². The smallest absolute Gasteiger partial charge is 0.116 e. The molecule has 0 aliphatic heterocycles. The van der Waals surface area contributed by atoms with Crippen LogP contribution < -0.4 is 0 Å². The van der Waals surface area contributed by atoms with Gasteiger partial charge in [-0.1, -0.05) is 56.0 Å². The molecule has 1 aliphatic rings. The second kappa shape index (κ2) is 5.39. The van der Waals surface area contributed by atoms with Gasteiger partial charge >= 0.3 is 0 Å². The lowest BCUT2D eigenvalue weighted by Crippen LogP contribution is -2.24. The molecule has 1 heteroatoms. The minimum Gasteiger partial charge on any atom is -0.380 e. The van der Waals surface area contributed by atoms with E-state index in [1.807, 2.05) is 25.1 Å². The highest BCUT2D eigenvalue weighted by molar-refractivity contribution is 5.80. The van der Waals surface area contributed by atoms with Crippen molar-refractivity contribution in [2.24, 2.45) is 0 Å². The normalized spacial score (nSPS) is 18.6. The molecular weight excluding hydrogens is 256 g/mol. The first-order valence-corrected chi connectivity index (χ1v) is 7.60. The molecular formula is C20H20O. The van der Waals surface area contributed by atoms with E-state index >= 15 is 0 Å². The molecule has 2 aromatic rings. The van der Waals surface area contributed by atoms with Gasteiger partial charge in [-0.3, -0.25) is 0 Å². The molecule has 106 valence electrons. The van der Waals surface area contributed by atoms with Crippen LogP contribution in [-0.2, 0) is 5.60 Å². The average molecular weight is 276 g/mol. The summed E-state index contributed by atoms with van der Waals surface area (Å²) >= 11 is 0. The van der Waals surface area contributed by atoms with Gasteiger partial charge in [0.05, 0.1) is 0 Å². The van der Waals surface area contributed by atoms with Gasteiger partial charge in [-0.05, 0) is 47.7 Å². The fourth-order valence-electron chi connectivity index (χ4n) is 3.27. The molecule has 0 heterocycles. The lowest BCUT2D eigenvalue weighted by Gasteiger charge is -2.26. The van der Waals surface area contributed by atoms with E-state index in [1.165, 1.54) is 0 Å². The lowest BCUT2D eigenvalue weighted by molar-refractivity contribution is 0.0732. The first kappa shape index (κ1) is 13.9. The minimum atomic E-state index is -0.868. The molecule has 21 heavy (non-hydrogen) atoms. The van der Waals surface area contributed by atoms with Crippen molar-refractivity contribution in [2.75, 3.05) is 0 Å². The molecule has 0 spiro atoms. The van der Waals surface area contributed by atoms with E-state index in [0.717, 1.165) is 47.1 Å². The predicted molar refractivity (Wildman–Crippen MR) is 87.0 cm³/mol. The molecule has 0 fully saturated rings. The Morgan fingerprint density at radius 2 is 1.81 bits per heavy atom. The van der Waals surface area contributed by atoms with Crippen LogP contribution in [0.3, 0.4) is 0 Å². The second-order valence-corrected chi connectivity index (χ2v) is 5.64. The fraction of sp³-hybridized carbons (Fsp3) is 0.300. The standard InChI is InChI=1S/C20H20O/c1-3-5-13-20(21)18-10-7-6-9-16(18)17-12-11-15(8-4-2)14-19(17)20/h6-7,9-12,14,21H,3,5,13H2,1-2H3. The maximum atomic E-state index is 11.4. The van der Waals surface area contributed by atoms with E-state index in [-0.39, 0.29) is 0 Å². The van der Waals surface area contributed by atoms with Crippen LogP contribution in [0.4, 0.5) is 0 Å². The van der Waals surface area contributed by atoms with Crippen LogP contribution in [0.25, 0.3) is 11.1 Å². The van der Waals surface area contributed by atoms with Crippen LogP contribution in [0.15, 0.2) is 42.5 Å². The molecule has 0 amide bonds. The van der Waals surface area contributed by atoms with Gasteiger partial charge in [-0.2, -0.15) is 0 Å². The molecule has 0 saturated carbocycles. The highest BCUT2D eigenvalue weighted by Crippen LogP contribution is 2.49. The second-order valence-electron chi connectivity index (χ2n) is 5.64. The highest BCUT2D eigenvalue weighted by atomic mass is 16.3. The molecule has 1 atom stereocenters. The summed E-state index contributed by atoms with van der Waals surface area (Å²) in [6, 6.07) is 14.4. The van der Waals surface area contributed by atoms with Gasteiger partial charge in [-0.25, -0.2) is 0 Å². The molecule has 3 rings (SSSR count). The zero-order chi connectivity index (χ0) is 14.9. The molecule has 0 bridgehead atoms. The third-order valence-electron chi connectivity index (χ3n) is 4.29. The van der Waals surface area contributed by atoms with Gasteiger partial charge in [0.15, 0.2) is 0 Å². The van der Waals surface area contributed by atoms with Crippen molar-refractivity contribution in [2.45, 2.75) is 38.7 Å². The number of hydrogen-bond acceptors (Lipinski definition) is 1. The zero-order valence-electron chi connectivity index (χ0n) is 12.6. The van der Waals surface area contributed by atoms with Crippen LogP contribution in [0.2, 0.25) is 0 Å². The number of hydrogen-bond donors (Lipinski definition) is 1. The van der Waals surface area contributed by atoms with E-state index in [0.29, 0.717) is 0 Å². The summed E-state index contributed by atoms with van der Waals surface area (Å²) in [4.78, 5) is 0. The Balaban J connectivity index is 2.21. The summed E-state index contributed by atoms with van der Waals surface area (Å²) < 4.78 is 0. The number of fused-ring (bicyclic) bond motifs is 3. The largest absolute Gasteiger partial charge is 0.380 e. The van der Waals surface area contributed by atoms with Gasteiger partial charge in [-0.15, -0.1) is 5.92 Å². The summed E-state index contributed by atoms with van der Waals surface area (Å²) in [5.41, 5.74) is 4.45. The quantitative estimate of drug-likeness (QED) is 0.820. The topological polar surface area (TPSA) is 20.2 Å². The Hall–Kier alpha value is -2.04. The zero-order valence-corrected chi connectivity index (χ0v) is 12.6. The summed E-state index contributed by atoms with van der Waals surface area (Å²) in [7, 11) is 0. The van der Waals surface area contributed by atoms with Crippen LogP contribution >= 0.6 is 0 Å². The molecule has 2 aromatic carbocycles. The van der Waals surface area contributed by atoms with Crippen LogP contribution in [-0.4, -0.2) is 5.11 Å². The van der Waals surface area contributed by atoms with Crippen molar-refractivity contribution in [1.82, 2.24) is 0 Å². The monoisotopic (exact) mass is 276 g/mol. The Labute approximate surface area is 126 Å². The van der Waals surface area contributed by atoms with Crippen LogP contribution in [0.1, 0.15) is 49.8 Å². The number of rotatable bonds is 3. The van der Waals surface area contributed by atoms with Gasteiger partial charge < -0.3 is 5.11 Å². The minimum absolute atomic E-state index is 0.760. The van der Waals surface area contributed by atoms with E-state index in [4.69, 9.17) is 0 Å². The first-order chi connectivity index (χ1) is 10.2. The third kappa shape index (κ3) is 2.17. The van der Waals surface area contributed by atoms with Crippen molar-refractivity contribution >= 4 is 0 Å². The molecule has 1 nitrogen and oxygen atoms in total. The molecule has 0 saturated heterocycles. The summed E-state index contributed by atoms with van der Waals surface area (Å²) in [6.07, 6.45) is 2.85. The van der Waals surface area contributed by atoms with Gasteiger partial charge in [0.2, 0.25) is 0 Å². The third-order valence-corrected chi connectivity index (χ3v) is 4.29. The van der Waals surface area contributed by atoms with Crippen molar-refractivity contribution in [1.29, 1.82) is 0 Å². The summed E-state index contributed by atoms with van der Waals surface area (Å²) in [5, 5.41) is 11.4. The highest BCUT2D eigenvalue weighted by Gasteiger charge is 2.40. The molecule has 0 radical (unpaired) electrons. The van der Waals surface area contributed by atoms with Gasteiger partial charge in [0.25, 0.3) is 0 Å². The lowest BCUT2D eigenvalue weighted by atomic mass is 9.86. The van der Waals surface area contributed by atoms with Crippen LogP contribution in [0, 0.1) is 11.8 Å². The molecule has 1 unspecified atom stereocenters. The number of unbranched alkanes of at least 4 members (excludes halogenated alkanes) is 1. The maximum absolute atomic E-state index is 11.4. The number of aliphatic hydroxyl groups is 1. The van der Waals surface area contributed by atoms with E-state index in [1.54, 1.807) is 0 Å². The summed E-state index contributed by atoms with van der Waals surface area (Å²) in [6.45, 7) is 4.00. The molecule has 1 N–H and O–H groups in total. The van der Waals surface area contributed by atoms with Gasteiger partial charge in [0, 0.05) is 5.56 Å². The predicted octanol–water partition coefficient (Wildman–Crippen LogP) is 4.46. The Bertz CT molecular complexity index is 733. The van der Waals surface area contributed by atoms with Crippen molar-refractivity contribution in [3.05, 3.63) is 59.2 Å². The fourth-order valence-corrected chi connectivity index (χ4v) is 3.27. The maximum Gasteiger partial charge on any atom is 0.116 e. The van der Waals surface area contributed by atoms with Crippen molar-refractivity contribution in [3.8, 4) is 23.0 Å². The summed E-state index contributed by atoms with van der Waals surface area (Å²) in [5.74, 6) is 6.03. The average Bonchev–Trinajstić information content (AvgIpc) is 2.76. The Kier molecular flexibility index (Phi) is 3.57. The molecule has 0 aromatic heterocycles. The van der Waals surface area contributed by atoms with Crippen molar-refractivity contribution in [3.63, 3.8) is 0 Å². The Morgan fingerprint density at radius 3 is 2.57 bits per heavy atom.